The number of hydrogen-bond donors (Lipinski definition) is 1. The fourth-order valence-electron chi connectivity index (χ4n) is 2.40. The minimum atomic E-state index is 0.133. The summed E-state index contributed by atoms with van der Waals surface area (Å²) < 4.78 is 5.33. The number of benzene rings is 1. The average Bonchev–Trinajstić information content (AvgIpc) is 2.52. The van der Waals surface area contributed by atoms with Gasteiger partial charge in [-0.1, -0.05) is 30.3 Å². The summed E-state index contributed by atoms with van der Waals surface area (Å²) in [6.07, 6.45) is 1.36. The highest BCUT2D eigenvalue weighted by atomic mass is 16.5. The number of nitrogens with zero attached hydrogens (tertiary/aromatic N) is 1. The zero-order chi connectivity index (χ0) is 14.2. The third-order valence-corrected chi connectivity index (χ3v) is 3.75. The van der Waals surface area contributed by atoms with Crippen molar-refractivity contribution in [1.82, 2.24) is 10.2 Å². The molecule has 1 aliphatic heterocycles. The molecule has 0 aliphatic carbocycles. The second-order valence-electron chi connectivity index (χ2n) is 5.29. The Morgan fingerprint density at radius 1 is 1.30 bits per heavy atom. The molecule has 4 nitrogen and oxygen atoms in total. The predicted octanol–water partition coefficient (Wildman–Crippen LogP) is 1.46. The van der Waals surface area contributed by atoms with Crippen molar-refractivity contribution >= 4 is 5.91 Å². The summed E-state index contributed by atoms with van der Waals surface area (Å²) in [5, 5.41) is 3.03. The number of carbonyl (C=O) groups is 1. The SMILES string of the molecule is CC(CNC(=O)CCc1ccccc1)N1CCOCC1. The van der Waals surface area contributed by atoms with Gasteiger partial charge in [-0.25, -0.2) is 0 Å². The number of amides is 1. The van der Waals surface area contributed by atoms with Crippen molar-refractivity contribution in [1.29, 1.82) is 0 Å². The molecule has 0 saturated carbocycles. The quantitative estimate of drug-likeness (QED) is 0.855. The first-order valence-corrected chi connectivity index (χ1v) is 7.38. The number of ether oxygens (including phenoxy) is 1. The van der Waals surface area contributed by atoms with E-state index in [-0.39, 0.29) is 5.91 Å². The molecule has 0 radical (unpaired) electrons. The van der Waals surface area contributed by atoms with Gasteiger partial charge in [0.25, 0.3) is 0 Å². The fraction of sp³-hybridized carbons (Fsp3) is 0.562. The molecule has 1 amide bonds. The van der Waals surface area contributed by atoms with E-state index in [1.54, 1.807) is 0 Å². The Morgan fingerprint density at radius 2 is 2.00 bits per heavy atom. The van der Waals surface area contributed by atoms with Crippen molar-refractivity contribution in [2.45, 2.75) is 25.8 Å². The Morgan fingerprint density at radius 3 is 2.70 bits per heavy atom. The molecule has 1 saturated heterocycles. The standard InChI is InChI=1S/C16H24N2O2/c1-14(18-9-11-20-12-10-18)13-17-16(19)8-7-15-5-3-2-4-6-15/h2-6,14H,7-13H2,1H3,(H,17,19). The predicted molar refractivity (Wildman–Crippen MR) is 79.6 cm³/mol. The maximum atomic E-state index is 11.8. The molecule has 1 atom stereocenters. The van der Waals surface area contributed by atoms with Crippen LogP contribution in [-0.4, -0.2) is 49.7 Å². The normalized spacial score (nSPS) is 17.6. The summed E-state index contributed by atoms with van der Waals surface area (Å²) in [5.74, 6) is 0.133. The molecular weight excluding hydrogens is 252 g/mol. The monoisotopic (exact) mass is 276 g/mol. The van der Waals surface area contributed by atoms with E-state index in [2.05, 4.69) is 29.3 Å². The van der Waals surface area contributed by atoms with Gasteiger partial charge in [0, 0.05) is 32.1 Å². The lowest BCUT2D eigenvalue weighted by molar-refractivity contribution is -0.121. The first kappa shape index (κ1) is 15.0. The van der Waals surface area contributed by atoms with E-state index in [9.17, 15) is 4.79 Å². The van der Waals surface area contributed by atoms with Crippen molar-refractivity contribution < 1.29 is 9.53 Å². The van der Waals surface area contributed by atoms with Gasteiger partial charge in [-0.3, -0.25) is 9.69 Å². The summed E-state index contributed by atoms with van der Waals surface area (Å²) in [6, 6.07) is 10.5. The van der Waals surface area contributed by atoms with E-state index in [0.29, 0.717) is 19.0 Å². The Kier molecular flexibility index (Phi) is 6.02. The largest absolute Gasteiger partial charge is 0.379 e. The minimum Gasteiger partial charge on any atom is -0.379 e. The first-order chi connectivity index (χ1) is 9.75. The second-order valence-corrected chi connectivity index (χ2v) is 5.29. The summed E-state index contributed by atoms with van der Waals surface area (Å²) in [5.41, 5.74) is 1.21. The van der Waals surface area contributed by atoms with Crippen LogP contribution in [0, 0.1) is 0 Å². The van der Waals surface area contributed by atoms with Crippen LogP contribution in [0.15, 0.2) is 30.3 Å². The molecule has 1 aliphatic rings. The first-order valence-electron chi connectivity index (χ1n) is 7.38. The molecule has 0 spiro atoms. The molecular formula is C16H24N2O2. The van der Waals surface area contributed by atoms with Crippen molar-refractivity contribution in [3.8, 4) is 0 Å². The van der Waals surface area contributed by atoms with Crippen LogP contribution in [0.2, 0.25) is 0 Å². The molecule has 1 N–H and O–H groups in total. The lowest BCUT2D eigenvalue weighted by Crippen LogP contribution is -2.47. The maximum Gasteiger partial charge on any atom is 0.220 e. The molecule has 0 aromatic heterocycles. The van der Waals surface area contributed by atoms with E-state index < -0.39 is 0 Å². The highest BCUT2D eigenvalue weighted by Crippen LogP contribution is 2.04. The van der Waals surface area contributed by atoms with Crippen LogP contribution in [0.4, 0.5) is 0 Å². The van der Waals surface area contributed by atoms with Crippen LogP contribution in [0.25, 0.3) is 0 Å². The summed E-state index contributed by atoms with van der Waals surface area (Å²) in [4.78, 5) is 14.2. The lowest BCUT2D eigenvalue weighted by Gasteiger charge is -2.32. The number of hydrogen-bond acceptors (Lipinski definition) is 3. The number of rotatable bonds is 6. The number of morpholine rings is 1. The van der Waals surface area contributed by atoms with E-state index in [1.807, 2.05) is 18.2 Å². The van der Waals surface area contributed by atoms with Crippen LogP contribution in [0.3, 0.4) is 0 Å². The Hall–Kier alpha value is -1.39. The molecule has 4 heteroatoms. The van der Waals surface area contributed by atoms with E-state index >= 15 is 0 Å². The van der Waals surface area contributed by atoms with E-state index in [0.717, 1.165) is 32.7 Å². The van der Waals surface area contributed by atoms with Gasteiger partial charge in [-0.2, -0.15) is 0 Å². The molecule has 0 bridgehead atoms. The summed E-state index contributed by atoms with van der Waals surface area (Å²) >= 11 is 0. The summed E-state index contributed by atoms with van der Waals surface area (Å²) in [6.45, 7) is 6.39. The summed E-state index contributed by atoms with van der Waals surface area (Å²) in [7, 11) is 0. The molecule has 2 rings (SSSR count). The van der Waals surface area contributed by atoms with Crippen molar-refractivity contribution in [2.24, 2.45) is 0 Å². The van der Waals surface area contributed by atoms with Crippen LogP contribution < -0.4 is 5.32 Å². The van der Waals surface area contributed by atoms with Crippen LogP contribution >= 0.6 is 0 Å². The van der Waals surface area contributed by atoms with Gasteiger partial charge in [0.15, 0.2) is 0 Å². The highest BCUT2D eigenvalue weighted by Gasteiger charge is 2.17. The molecule has 1 aromatic rings. The van der Waals surface area contributed by atoms with Crippen molar-refractivity contribution in [2.75, 3.05) is 32.8 Å². The molecule has 20 heavy (non-hydrogen) atoms. The second kappa shape index (κ2) is 8.02. The van der Waals surface area contributed by atoms with Gasteiger partial charge in [0.05, 0.1) is 13.2 Å². The van der Waals surface area contributed by atoms with E-state index in [4.69, 9.17) is 4.74 Å². The van der Waals surface area contributed by atoms with Gasteiger partial charge in [0.1, 0.15) is 0 Å². The molecule has 1 fully saturated rings. The van der Waals surface area contributed by atoms with Gasteiger partial charge in [0.2, 0.25) is 5.91 Å². The van der Waals surface area contributed by atoms with Gasteiger partial charge in [-0.05, 0) is 18.9 Å². The van der Waals surface area contributed by atoms with E-state index in [1.165, 1.54) is 5.56 Å². The van der Waals surface area contributed by atoms with Crippen LogP contribution in [-0.2, 0) is 16.0 Å². The Bertz CT molecular complexity index is 402. The number of aryl methyl sites for hydroxylation is 1. The van der Waals surface area contributed by atoms with Gasteiger partial charge < -0.3 is 10.1 Å². The number of carbonyl (C=O) groups excluding carboxylic acids is 1. The Balaban J connectivity index is 1.64. The molecule has 1 aromatic carbocycles. The smallest absolute Gasteiger partial charge is 0.220 e. The van der Waals surface area contributed by atoms with Crippen molar-refractivity contribution in [3.05, 3.63) is 35.9 Å². The maximum absolute atomic E-state index is 11.8. The number of nitrogens with one attached hydrogen (secondary N) is 1. The van der Waals surface area contributed by atoms with Crippen LogP contribution in [0.1, 0.15) is 18.9 Å². The van der Waals surface area contributed by atoms with Crippen LogP contribution in [0.5, 0.6) is 0 Å². The lowest BCUT2D eigenvalue weighted by atomic mass is 10.1. The average molecular weight is 276 g/mol. The zero-order valence-corrected chi connectivity index (χ0v) is 12.2. The molecule has 110 valence electrons. The topological polar surface area (TPSA) is 41.6 Å². The minimum absolute atomic E-state index is 0.133. The molecule has 1 heterocycles. The van der Waals surface area contributed by atoms with Crippen molar-refractivity contribution in [3.63, 3.8) is 0 Å². The van der Waals surface area contributed by atoms with Gasteiger partial charge in [-0.15, -0.1) is 0 Å². The van der Waals surface area contributed by atoms with Gasteiger partial charge >= 0.3 is 0 Å². The zero-order valence-electron chi connectivity index (χ0n) is 12.2. The molecule has 1 unspecified atom stereocenters. The third kappa shape index (κ3) is 4.94. The third-order valence-electron chi connectivity index (χ3n) is 3.75. The Labute approximate surface area is 121 Å². The fourth-order valence-corrected chi connectivity index (χ4v) is 2.40. The highest BCUT2D eigenvalue weighted by molar-refractivity contribution is 5.76.